The molecule has 0 spiro atoms. The molecule has 102 valence electrons. The molecule has 19 heavy (non-hydrogen) atoms. The monoisotopic (exact) mass is 294 g/mol. The molecule has 0 aliphatic heterocycles. The quantitative estimate of drug-likeness (QED) is 0.890. The highest BCUT2D eigenvalue weighted by molar-refractivity contribution is 7.20. The van der Waals surface area contributed by atoms with Gasteiger partial charge in [-0.15, -0.1) is 22.7 Å². The maximum Gasteiger partial charge on any atom is 0.133 e. The number of aliphatic hydroxyl groups excluding tert-OH is 1. The fourth-order valence-corrected chi connectivity index (χ4v) is 4.23. The van der Waals surface area contributed by atoms with E-state index in [0.29, 0.717) is 5.92 Å². The highest BCUT2D eigenvalue weighted by atomic mass is 32.1. The van der Waals surface area contributed by atoms with Crippen LogP contribution in [-0.2, 0) is 6.54 Å². The van der Waals surface area contributed by atoms with E-state index in [1.165, 1.54) is 9.75 Å². The summed E-state index contributed by atoms with van der Waals surface area (Å²) in [6, 6.07) is 4.16. The molecule has 2 atom stereocenters. The molecule has 0 bridgehead atoms. The van der Waals surface area contributed by atoms with Gasteiger partial charge in [0.15, 0.2) is 0 Å². The fourth-order valence-electron chi connectivity index (χ4n) is 2.54. The second-order valence-electron chi connectivity index (χ2n) is 5.00. The van der Waals surface area contributed by atoms with E-state index in [1.807, 2.05) is 6.20 Å². The molecule has 5 heteroatoms. The molecule has 2 N–H and O–H groups in total. The van der Waals surface area contributed by atoms with Gasteiger partial charge in [0.1, 0.15) is 5.01 Å². The maximum absolute atomic E-state index is 9.77. The van der Waals surface area contributed by atoms with Crippen LogP contribution in [0.1, 0.15) is 24.1 Å². The largest absolute Gasteiger partial charge is 0.393 e. The van der Waals surface area contributed by atoms with Gasteiger partial charge in [0, 0.05) is 24.2 Å². The third kappa shape index (κ3) is 3.23. The van der Waals surface area contributed by atoms with E-state index in [2.05, 4.69) is 27.8 Å². The van der Waals surface area contributed by atoms with E-state index < -0.39 is 0 Å². The zero-order valence-corrected chi connectivity index (χ0v) is 12.3. The van der Waals surface area contributed by atoms with Gasteiger partial charge in [0.2, 0.25) is 0 Å². The normalized spacial score (nSPS) is 23.0. The van der Waals surface area contributed by atoms with E-state index in [-0.39, 0.29) is 6.10 Å². The van der Waals surface area contributed by atoms with Crippen LogP contribution in [0.15, 0.2) is 23.7 Å². The number of thiophene rings is 1. The van der Waals surface area contributed by atoms with E-state index in [4.69, 9.17) is 0 Å². The Kier molecular flexibility index (Phi) is 4.28. The topological polar surface area (TPSA) is 45.1 Å². The second-order valence-corrected chi connectivity index (χ2v) is 7.06. The number of aromatic nitrogens is 1. The van der Waals surface area contributed by atoms with Crippen molar-refractivity contribution < 1.29 is 5.11 Å². The molecule has 2 aromatic heterocycles. The number of aliphatic hydroxyl groups is 1. The number of hydrogen-bond acceptors (Lipinski definition) is 5. The van der Waals surface area contributed by atoms with Gasteiger partial charge < -0.3 is 10.4 Å². The lowest BCUT2D eigenvalue weighted by atomic mass is 10.1. The average molecular weight is 294 g/mol. The molecule has 3 rings (SSSR count). The lowest BCUT2D eigenvalue weighted by molar-refractivity contribution is 0.131. The zero-order chi connectivity index (χ0) is 13.1. The van der Waals surface area contributed by atoms with Crippen LogP contribution in [0, 0.1) is 5.92 Å². The van der Waals surface area contributed by atoms with Crippen molar-refractivity contribution in [1.82, 2.24) is 10.3 Å². The maximum atomic E-state index is 9.77. The van der Waals surface area contributed by atoms with Crippen LogP contribution in [0.5, 0.6) is 0 Å². The molecule has 1 saturated carbocycles. The van der Waals surface area contributed by atoms with Crippen molar-refractivity contribution in [2.24, 2.45) is 5.92 Å². The summed E-state index contributed by atoms with van der Waals surface area (Å²) in [6.45, 7) is 1.76. The van der Waals surface area contributed by atoms with Crippen molar-refractivity contribution in [2.75, 3.05) is 6.54 Å². The smallest absolute Gasteiger partial charge is 0.133 e. The minimum absolute atomic E-state index is 0.101. The van der Waals surface area contributed by atoms with Crippen LogP contribution in [0.2, 0.25) is 0 Å². The third-order valence-electron chi connectivity index (χ3n) is 3.61. The lowest BCUT2D eigenvalue weighted by Crippen LogP contribution is -2.27. The molecule has 0 radical (unpaired) electrons. The number of rotatable bonds is 5. The molecule has 0 saturated heterocycles. The van der Waals surface area contributed by atoms with Gasteiger partial charge >= 0.3 is 0 Å². The number of hydrogen-bond donors (Lipinski definition) is 2. The predicted molar refractivity (Wildman–Crippen MR) is 80.5 cm³/mol. The first-order valence-electron chi connectivity index (χ1n) is 6.70. The molecule has 1 aliphatic rings. The summed E-state index contributed by atoms with van der Waals surface area (Å²) in [5.74, 6) is 0.435. The Morgan fingerprint density at radius 1 is 1.42 bits per heavy atom. The van der Waals surface area contributed by atoms with Crippen LogP contribution in [0.3, 0.4) is 0 Å². The van der Waals surface area contributed by atoms with E-state index in [0.717, 1.165) is 37.4 Å². The summed E-state index contributed by atoms with van der Waals surface area (Å²) in [5.41, 5.74) is 0. The fraction of sp³-hybridized carbons (Fsp3) is 0.500. The van der Waals surface area contributed by atoms with Gasteiger partial charge in [-0.3, -0.25) is 0 Å². The highest BCUT2D eigenvalue weighted by Gasteiger charge is 2.24. The molecule has 2 unspecified atom stereocenters. The van der Waals surface area contributed by atoms with Crippen molar-refractivity contribution in [1.29, 1.82) is 0 Å². The first-order valence-corrected chi connectivity index (χ1v) is 8.40. The molecule has 1 aliphatic carbocycles. The van der Waals surface area contributed by atoms with Crippen LogP contribution in [0.4, 0.5) is 0 Å². The molecular formula is C14H18N2OS2. The summed E-state index contributed by atoms with van der Waals surface area (Å²) >= 11 is 3.48. The Morgan fingerprint density at radius 2 is 2.37 bits per heavy atom. The highest BCUT2D eigenvalue weighted by Crippen LogP contribution is 2.29. The minimum atomic E-state index is -0.101. The Balaban J connectivity index is 1.50. The van der Waals surface area contributed by atoms with Crippen molar-refractivity contribution in [2.45, 2.75) is 31.9 Å². The Labute approximate surface area is 121 Å². The Morgan fingerprint density at radius 3 is 3.11 bits per heavy atom. The average Bonchev–Trinajstić information content (AvgIpc) is 3.11. The summed E-state index contributed by atoms with van der Waals surface area (Å²) in [7, 11) is 0. The number of nitrogens with zero attached hydrogens (tertiary/aromatic N) is 1. The zero-order valence-electron chi connectivity index (χ0n) is 10.7. The molecule has 2 heterocycles. The van der Waals surface area contributed by atoms with Crippen LogP contribution in [0.25, 0.3) is 9.88 Å². The minimum Gasteiger partial charge on any atom is -0.393 e. The van der Waals surface area contributed by atoms with Crippen molar-refractivity contribution in [3.63, 3.8) is 0 Å². The molecular weight excluding hydrogens is 276 g/mol. The van der Waals surface area contributed by atoms with Gasteiger partial charge in [0.25, 0.3) is 0 Å². The molecule has 1 fully saturated rings. The van der Waals surface area contributed by atoms with Crippen LogP contribution in [-0.4, -0.2) is 22.7 Å². The van der Waals surface area contributed by atoms with Crippen molar-refractivity contribution in [3.8, 4) is 9.88 Å². The summed E-state index contributed by atoms with van der Waals surface area (Å²) < 4.78 is 0. The van der Waals surface area contributed by atoms with Gasteiger partial charge in [-0.1, -0.05) is 12.5 Å². The number of thiazole rings is 1. The van der Waals surface area contributed by atoms with E-state index >= 15 is 0 Å². The van der Waals surface area contributed by atoms with Crippen LogP contribution >= 0.6 is 22.7 Å². The SMILES string of the molecule is OC1CCCC1CNCc1cnc(-c2cccs2)s1. The molecule has 2 aromatic rings. The Bertz CT molecular complexity index is 509. The Hall–Kier alpha value is -0.750. The standard InChI is InChI=1S/C14H18N2OS2/c17-12-4-1-3-10(12)7-15-8-11-9-16-14(19-11)13-5-2-6-18-13/h2,5-6,9-10,12,15,17H,1,3-4,7-8H2. The predicted octanol–water partition coefficient (Wildman–Crippen LogP) is 3.12. The van der Waals surface area contributed by atoms with Gasteiger partial charge in [-0.2, -0.15) is 0 Å². The van der Waals surface area contributed by atoms with Gasteiger partial charge in [-0.25, -0.2) is 4.98 Å². The van der Waals surface area contributed by atoms with Gasteiger partial charge in [-0.05, 0) is 30.2 Å². The summed E-state index contributed by atoms with van der Waals surface area (Å²) in [5, 5.41) is 16.4. The van der Waals surface area contributed by atoms with E-state index in [9.17, 15) is 5.11 Å². The van der Waals surface area contributed by atoms with E-state index in [1.54, 1.807) is 22.7 Å². The van der Waals surface area contributed by atoms with Crippen molar-refractivity contribution in [3.05, 3.63) is 28.6 Å². The first-order chi connectivity index (χ1) is 9.33. The third-order valence-corrected chi connectivity index (χ3v) is 5.65. The number of nitrogens with one attached hydrogen (secondary N) is 1. The summed E-state index contributed by atoms with van der Waals surface area (Å²) in [6.07, 6.45) is 5.14. The molecule has 0 amide bonds. The van der Waals surface area contributed by atoms with Gasteiger partial charge in [0.05, 0.1) is 11.0 Å². The summed E-state index contributed by atoms with van der Waals surface area (Å²) in [4.78, 5) is 6.96. The van der Waals surface area contributed by atoms with Crippen LogP contribution < -0.4 is 5.32 Å². The molecule has 0 aromatic carbocycles. The lowest BCUT2D eigenvalue weighted by Gasteiger charge is -2.14. The molecule has 3 nitrogen and oxygen atoms in total. The van der Waals surface area contributed by atoms with Crippen molar-refractivity contribution >= 4 is 22.7 Å². The first kappa shape index (κ1) is 13.2. The second kappa shape index (κ2) is 6.13.